The summed E-state index contributed by atoms with van der Waals surface area (Å²) in [7, 11) is 0. The van der Waals surface area contributed by atoms with Gasteiger partial charge in [0.2, 0.25) is 0 Å². The van der Waals surface area contributed by atoms with Crippen molar-refractivity contribution in [2.24, 2.45) is 5.10 Å². The highest BCUT2D eigenvalue weighted by molar-refractivity contribution is 5.95. The van der Waals surface area contributed by atoms with Gasteiger partial charge >= 0.3 is 0 Å². The molecule has 1 amide bonds. The van der Waals surface area contributed by atoms with E-state index in [4.69, 9.17) is 9.47 Å². The number of amides is 1. The van der Waals surface area contributed by atoms with Crippen molar-refractivity contribution in [3.8, 4) is 11.5 Å². The molecule has 0 saturated carbocycles. The van der Waals surface area contributed by atoms with Gasteiger partial charge in [-0.05, 0) is 67.8 Å². The molecule has 3 aromatic carbocycles. The Balaban J connectivity index is 1.67. The van der Waals surface area contributed by atoms with E-state index >= 15 is 0 Å². The Hall–Kier alpha value is -3.60. The molecule has 0 aliphatic rings. The molecule has 0 unspecified atom stereocenters. The molecule has 5 nitrogen and oxygen atoms in total. The minimum atomic E-state index is -0.252. The van der Waals surface area contributed by atoms with Gasteiger partial charge in [-0.2, -0.15) is 5.10 Å². The highest BCUT2D eigenvalue weighted by atomic mass is 16.5. The largest absolute Gasteiger partial charge is 0.490 e. The summed E-state index contributed by atoms with van der Waals surface area (Å²) in [6, 6.07) is 21.1. The van der Waals surface area contributed by atoms with E-state index in [1.807, 2.05) is 68.4 Å². The number of benzene rings is 3. The average Bonchev–Trinajstić information content (AvgIpc) is 2.74. The van der Waals surface area contributed by atoms with Crippen LogP contribution in [-0.2, 0) is 6.61 Å². The normalized spacial score (nSPS) is 10.8. The Bertz CT molecular complexity index is 1040. The number of hydrazone groups is 1. The molecule has 0 spiro atoms. The van der Waals surface area contributed by atoms with Gasteiger partial charge < -0.3 is 9.47 Å². The van der Waals surface area contributed by atoms with Gasteiger partial charge in [-0.25, -0.2) is 5.43 Å². The lowest BCUT2D eigenvalue weighted by molar-refractivity contribution is 0.0955. The molecule has 3 rings (SSSR count). The van der Waals surface area contributed by atoms with Crippen molar-refractivity contribution in [3.05, 3.63) is 94.5 Å². The third-order valence-electron chi connectivity index (χ3n) is 4.57. The van der Waals surface area contributed by atoms with Crippen molar-refractivity contribution in [1.29, 1.82) is 0 Å². The number of carbonyl (C=O) groups excluding carboxylic acids is 1. The zero-order valence-corrected chi connectivity index (χ0v) is 17.5. The van der Waals surface area contributed by atoms with Gasteiger partial charge in [-0.1, -0.05) is 42.0 Å². The van der Waals surface area contributed by atoms with E-state index in [-0.39, 0.29) is 5.91 Å². The van der Waals surface area contributed by atoms with Crippen LogP contribution in [0, 0.1) is 13.8 Å². The monoisotopic (exact) mass is 402 g/mol. The first-order valence-corrected chi connectivity index (χ1v) is 9.91. The van der Waals surface area contributed by atoms with Crippen LogP contribution in [0.15, 0.2) is 71.8 Å². The van der Waals surface area contributed by atoms with E-state index in [9.17, 15) is 4.79 Å². The summed E-state index contributed by atoms with van der Waals surface area (Å²) < 4.78 is 11.7. The summed E-state index contributed by atoms with van der Waals surface area (Å²) in [5.74, 6) is 1.05. The summed E-state index contributed by atoms with van der Waals surface area (Å²) in [6.45, 7) is 6.91. The molecule has 0 radical (unpaired) electrons. The molecule has 30 heavy (non-hydrogen) atoms. The first-order valence-electron chi connectivity index (χ1n) is 9.91. The third-order valence-corrected chi connectivity index (χ3v) is 4.57. The Labute approximate surface area is 177 Å². The van der Waals surface area contributed by atoms with E-state index in [2.05, 4.69) is 23.5 Å². The lowest BCUT2D eigenvalue weighted by Gasteiger charge is -2.13. The van der Waals surface area contributed by atoms with Crippen LogP contribution >= 0.6 is 0 Å². The molecule has 0 aliphatic heterocycles. The van der Waals surface area contributed by atoms with Crippen LogP contribution in [0.4, 0.5) is 0 Å². The number of nitrogens with one attached hydrogen (secondary N) is 1. The summed E-state index contributed by atoms with van der Waals surface area (Å²) in [5, 5.41) is 4.06. The molecule has 0 atom stereocenters. The van der Waals surface area contributed by atoms with Crippen molar-refractivity contribution in [1.82, 2.24) is 5.43 Å². The summed E-state index contributed by atoms with van der Waals surface area (Å²) in [5.41, 5.74) is 7.26. The highest BCUT2D eigenvalue weighted by Gasteiger charge is 2.08. The predicted molar refractivity (Wildman–Crippen MR) is 119 cm³/mol. The number of nitrogens with zero attached hydrogens (tertiary/aromatic N) is 1. The van der Waals surface area contributed by atoms with Gasteiger partial charge in [0.1, 0.15) is 6.61 Å². The number of hydrogen-bond acceptors (Lipinski definition) is 4. The van der Waals surface area contributed by atoms with Crippen LogP contribution in [0.25, 0.3) is 0 Å². The maximum Gasteiger partial charge on any atom is 0.271 e. The molecule has 5 heteroatoms. The van der Waals surface area contributed by atoms with Crippen molar-refractivity contribution in [2.75, 3.05) is 6.61 Å². The summed E-state index contributed by atoms with van der Waals surface area (Å²) >= 11 is 0. The molecule has 154 valence electrons. The lowest BCUT2D eigenvalue weighted by atomic mass is 10.1. The second-order valence-electron chi connectivity index (χ2n) is 6.92. The molecule has 0 aromatic heterocycles. The summed E-state index contributed by atoms with van der Waals surface area (Å²) in [4.78, 5) is 12.2. The first-order chi connectivity index (χ1) is 14.6. The van der Waals surface area contributed by atoms with E-state index in [1.165, 1.54) is 5.56 Å². The highest BCUT2D eigenvalue weighted by Crippen LogP contribution is 2.29. The number of carbonyl (C=O) groups is 1. The number of ether oxygens (including phenoxy) is 2. The van der Waals surface area contributed by atoms with E-state index in [0.717, 1.165) is 16.7 Å². The maximum absolute atomic E-state index is 12.2. The van der Waals surface area contributed by atoms with Gasteiger partial charge in [-0.15, -0.1) is 0 Å². The number of hydrogen-bond donors (Lipinski definition) is 1. The molecule has 3 aromatic rings. The number of rotatable bonds is 8. The molecule has 1 N–H and O–H groups in total. The minimum Gasteiger partial charge on any atom is -0.490 e. The molecule has 0 bridgehead atoms. The zero-order valence-electron chi connectivity index (χ0n) is 17.5. The maximum atomic E-state index is 12.2. The quantitative estimate of drug-likeness (QED) is 0.424. The third kappa shape index (κ3) is 5.70. The van der Waals surface area contributed by atoms with Crippen molar-refractivity contribution in [3.63, 3.8) is 0 Å². The second-order valence-corrected chi connectivity index (χ2v) is 6.92. The predicted octanol–water partition coefficient (Wildman–Crippen LogP) is 5.05. The summed E-state index contributed by atoms with van der Waals surface area (Å²) in [6.07, 6.45) is 1.58. The first kappa shape index (κ1) is 21.1. The minimum absolute atomic E-state index is 0.252. The Morgan fingerprint density at radius 3 is 2.57 bits per heavy atom. The Kier molecular flexibility index (Phi) is 7.22. The van der Waals surface area contributed by atoms with Crippen LogP contribution in [0.5, 0.6) is 11.5 Å². The van der Waals surface area contributed by atoms with Gasteiger partial charge in [-0.3, -0.25) is 4.79 Å². The zero-order chi connectivity index (χ0) is 21.3. The molecular weight excluding hydrogens is 376 g/mol. The van der Waals surface area contributed by atoms with Gasteiger partial charge in [0.15, 0.2) is 11.5 Å². The van der Waals surface area contributed by atoms with Crippen molar-refractivity contribution >= 4 is 12.1 Å². The fourth-order valence-electron chi connectivity index (χ4n) is 2.94. The van der Waals surface area contributed by atoms with Gasteiger partial charge in [0.05, 0.1) is 12.8 Å². The van der Waals surface area contributed by atoms with Gasteiger partial charge in [0.25, 0.3) is 5.91 Å². The van der Waals surface area contributed by atoms with E-state index in [0.29, 0.717) is 30.3 Å². The van der Waals surface area contributed by atoms with E-state index in [1.54, 1.807) is 12.3 Å². The Morgan fingerprint density at radius 2 is 1.80 bits per heavy atom. The van der Waals surface area contributed by atoms with Crippen LogP contribution in [-0.4, -0.2) is 18.7 Å². The van der Waals surface area contributed by atoms with Crippen molar-refractivity contribution in [2.45, 2.75) is 27.4 Å². The topological polar surface area (TPSA) is 59.9 Å². The van der Waals surface area contributed by atoms with Crippen LogP contribution < -0.4 is 14.9 Å². The Morgan fingerprint density at radius 1 is 0.967 bits per heavy atom. The molecule has 0 aliphatic carbocycles. The lowest BCUT2D eigenvalue weighted by Crippen LogP contribution is -2.17. The SMILES string of the molecule is CCOc1cc(/C=N\NC(=O)c2cccc(C)c2)ccc1OCc1ccccc1C. The fourth-order valence-corrected chi connectivity index (χ4v) is 2.94. The van der Waals surface area contributed by atoms with Crippen molar-refractivity contribution < 1.29 is 14.3 Å². The van der Waals surface area contributed by atoms with E-state index < -0.39 is 0 Å². The second kappa shape index (κ2) is 10.3. The molecule has 0 saturated heterocycles. The standard InChI is InChI=1S/C25H26N2O3/c1-4-29-24-15-20(16-26-27-25(28)21-11-7-8-18(2)14-21)12-13-23(24)30-17-22-10-6-5-9-19(22)3/h5-16H,4,17H2,1-3H3,(H,27,28)/b26-16-. The fraction of sp³-hybridized carbons (Fsp3) is 0.200. The molecular formula is C25H26N2O3. The average molecular weight is 402 g/mol. The van der Waals surface area contributed by atoms with Crippen LogP contribution in [0.1, 0.15) is 39.5 Å². The van der Waals surface area contributed by atoms with Crippen LogP contribution in [0.2, 0.25) is 0 Å². The molecule has 0 fully saturated rings. The molecule has 0 heterocycles. The van der Waals surface area contributed by atoms with Crippen LogP contribution in [0.3, 0.4) is 0 Å². The smallest absolute Gasteiger partial charge is 0.271 e. The number of aryl methyl sites for hydroxylation is 2. The van der Waals surface area contributed by atoms with Gasteiger partial charge in [0, 0.05) is 5.56 Å².